The smallest absolute Gasteiger partial charge is 0.128 e. The summed E-state index contributed by atoms with van der Waals surface area (Å²) in [5.41, 5.74) is 1.17. The molecule has 0 saturated carbocycles. The van der Waals surface area contributed by atoms with Crippen LogP contribution in [0.5, 0.6) is 0 Å². The second-order valence-electron chi connectivity index (χ2n) is 3.01. The maximum Gasteiger partial charge on any atom is 0.128 e. The van der Waals surface area contributed by atoms with Gasteiger partial charge in [-0.05, 0) is 46.6 Å². The predicted octanol–water partition coefficient (Wildman–Crippen LogP) is 3.43. The van der Waals surface area contributed by atoms with Gasteiger partial charge in [0.2, 0.25) is 0 Å². The summed E-state index contributed by atoms with van der Waals surface area (Å²) in [6.07, 6.45) is 1.71. The number of rotatable bonds is 3. The Hall–Kier alpha value is -0.810. The first-order valence-electron chi connectivity index (χ1n) is 4.41. The highest BCUT2D eigenvalue weighted by molar-refractivity contribution is 9.10. The SMILES string of the molecule is Cc1ccoc1CSc1ccc(Br)nn1. The van der Waals surface area contributed by atoms with Crippen molar-refractivity contribution >= 4 is 27.7 Å². The Kier molecular flexibility index (Phi) is 3.43. The molecule has 0 aliphatic heterocycles. The van der Waals surface area contributed by atoms with Crippen LogP contribution in [0.15, 0.2) is 38.5 Å². The van der Waals surface area contributed by atoms with Gasteiger partial charge >= 0.3 is 0 Å². The fourth-order valence-electron chi connectivity index (χ4n) is 1.07. The number of halogens is 1. The van der Waals surface area contributed by atoms with Crippen molar-refractivity contribution in [2.24, 2.45) is 0 Å². The molecule has 5 heteroatoms. The van der Waals surface area contributed by atoms with Crippen LogP contribution in [0.2, 0.25) is 0 Å². The van der Waals surface area contributed by atoms with E-state index in [0.717, 1.165) is 21.1 Å². The molecule has 0 amide bonds. The van der Waals surface area contributed by atoms with Crippen molar-refractivity contribution in [1.29, 1.82) is 0 Å². The Morgan fingerprint density at radius 2 is 2.20 bits per heavy atom. The topological polar surface area (TPSA) is 38.9 Å². The molecule has 2 aromatic rings. The minimum absolute atomic E-state index is 0.751. The van der Waals surface area contributed by atoms with Crippen molar-refractivity contribution in [2.75, 3.05) is 0 Å². The number of nitrogens with zero attached hydrogens (tertiary/aromatic N) is 2. The number of aromatic nitrogens is 2. The number of furan rings is 1. The third-order valence-corrected chi connectivity index (χ3v) is 3.27. The van der Waals surface area contributed by atoms with Crippen LogP contribution in [0.1, 0.15) is 11.3 Å². The second kappa shape index (κ2) is 4.81. The lowest BCUT2D eigenvalue weighted by Gasteiger charge is -1.98. The van der Waals surface area contributed by atoms with Gasteiger partial charge in [-0.25, -0.2) is 0 Å². The van der Waals surface area contributed by atoms with Gasteiger partial charge in [-0.2, -0.15) is 0 Å². The van der Waals surface area contributed by atoms with Gasteiger partial charge in [0.05, 0.1) is 12.0 Å². The second-order valence-corrected chi connectivity index (χ2v) is 4.82. The molecule has 2 aromatic heterocycles. The molecule has 15 heavy (non-hydrogen) atoms. The van der Waals surface area contributed by atoms with Crippen LogP contribution in [-0.4, -0.2) is 10.2 Å². The van der Waals surface area contributed by atoms with Crippen LogP contribution < -0.4 is 0 Å². The van der Waals surface area contributed by atoms with E-state index in [-0.39, 0.29) is 0 Å². The quantitative estimate of drug-likeness (QED) is 0.810. The van der Waals surface area contributed by atoms with Crippen molar-refractivity contribution in [1.82, 2.24) is 10.2 Å². The highest BCUT2D eigenvalue weighted by Gasteiger charge is 2.03. The highest BCUT2D eigenvalue weighted by Crippen LogP contribution is 2.23. The van der Waals surface area contributed by atoms with E-state index in [4.69, 9.17) is 4.42 Å². The van der Waals surface area contributed by atoms with E-state index < -0.39 is 0 Å². The van der Waals surface area contributed by atoms with Gasteiger partial charge in [-0.1, -0.05) is 11.8 Å². The third-order valence-electron chi connectivity index (χ3n) is 1.93. The van der Waals surface area contributed by atoms with Crippen molar-refractivity contribution in [3.8, 4) is 0 Å². The largest absolute Gasteiger partial charge is 0.468 e. The maximum atomic E-state index is 5.33. The molecule has 0 fully saturated rings. The van der Waals surface area contributed by atoms with Crippen LogP contribution in [0.25, 0.3) is 0 Å². The lowest BCUT2D eigenvalue weighted by molar-refractivity contribution is 0.527. The third kappa shape index (κ3) is 2.82. The molecule has 0 N–H and O–H groups in total. The fraction of sp³-hybridized carbons (Fsp3) is 0.200. The van der Waals surface area contributed by atoms with Gasteiger partial charge in [-0.3, -0.25) is 0 Å². The molecule has 0 aliphatic carbocycles. The van der Waals surface area contributed by atoms with E-state index in [1.54, 1.807) is 18.0 Å². The average molecular weight is 285 g/mol. The van der Waals surface area contributed by atoms with Crippen molar-refractivity contribution in [2.45, 2.75) is 17.7 Å². The zero-order valence-electron chi connectivity index (χ0n) is 8.11. The summed E-state index contributed by atoms with van der Waals surface area (Å²) < 4.78 is 6.08. The first-order chi connectivity index (χ1) is 7.25. The number of thioether (sulfide) groups is 1. The van der Waals surface area contributed by atoms with Crippen LogP contribution in [0.3, 0.4) is 0 Å². The first kappa shape index (κ1) is 10.7. The maximum absolute atomic E-state index is 5.33. The molecule has 2 heterocycles. The molecule has 78 valence electrons. The summed E-state index contributed by atoms with van der Waals surface area (Å²) in [6.45, 7) is 2.03. The molecular weight excluding hydrogens is 276 g/mol. The van der Waals surface area contributed by atoms with Crippen molar-refractivity contribution < 1.29 is 4.42 Å². The van der Waals surface area contributed by atoms with Crippen molar-refractivity contribution in [3.05, 3.63) is 40.4 Å². The van der Waals surface area contributed by atoms with Gasteiger partial charge in [-0.15, -0.1) is 10.2 Å². The minimum atomic E-state index is 0.751. The minimum Gasteiger partial charge on any atom is -0.468 e. The van der Waals surface area contributed by atoms with E-state index in [9.17, 15) is 0 Å². The van der Waals surface area contributed by atoms with Crippen LogP contribution in [0.4, 0.5) is 0 Å². The van der Waals surface area contributed by atoms with E-state index in [0.29, 0.717) is 0 Å². The summed E-state index contributed by atoms with van der Waals surface area (Å²) in [5, 5.41) is 8.85. The summed E-state index contributed by atoms with van der Waals surface area (Å²) in [6, 6.07) is 5.77. The Labute approximate surface area is 100 Å². The lowest BCUT2D eigenvalue weighted by Crippen LogP contribution is -1.86. The molecule has 0 unspecified atom stereocenters. The summed E-state index contributed by atoms with van der Waals surface area (Å²) in [4.78, 5) is 0. The molecule has 3 nitrogen and oxygen atoms in total. The average Bonchev–Trinajstić information content (AvgIpc) is 2.63. The van der Waals surface area contributed by atoms with Crippen molar-refractivity contribution in [3.63, 3.8) is 0 Å². The predicted molar refractivity (Wildman–Crippen MR) is 62.7 cm³/mol. The Bertz CT molecular complexity index is 441. The molecule has 0 bridgehead atoms. The van der Waals surface area contributed by atoms with Gasteiger partial charge in [0.15, 0.2) is 0 Å². The van der Waals surface area contributed by atoms with Gasteiger partial charge in [0.1, 0.15) is 15.4 Å². The molecule has 0 aromatic carbocycles. The fourth-order valence-corrected chi connectivity index (χ4v) is 2.12. The highest BCUT2D eigenvalue weighted by atomic mass is 79.9. The number of aryl methyl sites for hydroxylation is 1. The zero-order chi connectivity index (χ0) is 10.7. The molecule has 0 spiro atoms. The molecule has 0 radical (unpaired) electrons. The lowest BCUT2D eigenvalue weighted by atomic mass is 10.3. The number of hydrogen-bond donors (Lipinski definition) is 0. The summed E-state index contributed by atoms with van der Waals surface area (Å²) in [7, 11) is 0. The first-order valence-corrected chi connectivity index (χ1v) is 6.18. The zero-order valence-corrected chi connectivity index (χ0v) is 10.5. The molecule has 0 atom stereocenters. The Balaban J connectivity index is 1.99. The van der Waals surface area contributed by atoms with Gasteiger partial charge in [0.25, 0.3) is 0 Å². The van der Waals surface area contributed by atoms with E-state index >= 15 is 0 Å². The van der Waals surface area contributed by atoms with Gasteiger partial charge in [0, 0.05) is 0 Å². The van der Waals surface area contributed by atoms with Crippen LogP contribution >= 0.6 is 27.7 Å². The van der Waals surface area contributed by atoms with Crippen LogP contribution in [-0.2, 0) is 5.75 Å². The normalized spacial score (nSPS) is 10.5. The van der Waals surface area contributed by atoms with E-state index in [2.05, 4.69) is 26.1 Å². The Morgan fingerprint density at radius 1 is 1.33 bits per heavy atom. The Morgan fingerprint density at radius 3 is 2.80 bits per heavy atom. The van der Waals surface area contributed by atoms with E-state index in [1.165, 1.54) is 5.56 Å². The summed E-state index contributed by atoms with van der Waals surface area (Å²) in [5.74, 6) is 1.78. The monoisotopic (exact) mass is 284 g/mol. The van der Waals surface area contributed by atoms with Gasteiger partial charge < -0.3 is 4.42 Å². The van der Waals surface area contributed by atoms with E-state index in [1.807, 2.05) is 25.1 Å². The molecule has 2 rings (SSSR count). The molecule has 0 saturated heterocycles. The number of hydrogen-bond acceptors (Lipinski definition) is 4. The standard InChI is InChI=1S/C10H9BrN2OS/c1-7-4-5-14-8(7)6-15-10-3-2-9(11)12-13-10/h2-5H,6H2,1H3. The molecular formula is C10H9BrN2OS. The molecule has 0 aliphatic rings. The summed E-state index contributed by atoms with van der Waals surface area (Å²) >= 11 is 4.86. The van der Waals surface area contributed by atoms with Crippen LogP contribution in [0, 0.1) is 6.92 Å².